The van der Waals surface area contributed by atoms with Gasteiger partial charge in [-0.3, -0.25) is 4.79 Å². The summed E-state index contributed by atoms with van der Waals surface area (Å²) in [5.74, 6) is -0.853. The van der Waals surface area contributed by atoms with Gasteiger partial charge in [0.1, 0.15) is 5.69 Å². The second-order valence-corrected chi connectivity index (χ2v) is 7.35. The van der Waals surface area contributed by atoms with E-state index in [9.17, 15) is 9.59 Å². The highest BCUT2D eigenvalue weighted by molar-refractivity contribution is 6.44. The number of nitrogens with zero attached hydrogens (tertiary/aromatic N) is 2. The third-order valence-electron chi connectivity index (χ3n) is 4.67. The van der Waals surface area contributed by atoms with E-state index in [2.05, 4.69) is 30.7 Å². The highest BCUT2D eigenvalue weighted by Crippen LogP contribution is 2.33. The van der Waals surface area contributed by atoms with Crippen LogP contribution in [0, 0.1) is 6.92 Å². The summed E-state index contributed by atoms with van der Waals surface area (Å²) in [4.78, 5) is 29.1. The van der Waals surface area contributed by atoms with E-state index in [1.807, 2.05) is 6.07 Å². The maximum Gasteiger partial charge on any atom is 0.434 e. The summed E-state index contributed by atoms with van der Waals surface area (Å²) in [6.07, 6.45) is 0. The van der Waals surface area contributed by atoms with E-state index >= 15 is 0 Å². The Morgan fingerprint density at radius 3 is 2.62 bits per heavy atom. The van der Waals surface area contributed by atoms with Crippen LogP contribution in [0.5, 0.6) is 0 Å². The minimum atomic E-state index is -0.630. The molecule has 9 nitrogen and oxygen atoms in total. The van der Waals surface area contributed by atoms with E-state index < -0.39 is 11.7 Å². The number of rotatable bonds is 4. The van der Waals surface area contributed by atoms with Crippen LogP contribution in [0.15, 0.2) is 27.4 Å². The quantitative estimate of drug-likeness (QED) is 0.498. The minimum absolute atomic E-state index is 0.180. The topological polar surface area (TPSA) is 119 Å². The number of benzene rings is 1. The Kier molecular flexibility index (Phi) is 5.35. The highest BCUT2D eigenvalue weighted by Gasteiger charge is 2.22. The smallest absolute Gasteiger partial charge is 0.388 e. The summed E-state index contributed by atoms with van der Waals surface area (Å²) < 4.78 is 5.06. The van der Waals surface area contributed by atoms with Crippen LogP contribution < -0.4 is 21.3 Å². The molecule has 1 fully saturated rings. The fourth-order valence-corrected chi connectivity index (χ4v) is 3.62. The zero-order valence-electron chi connectivity index (χ0n) is 15.4. The van der Waals surface area contributed by atoms with Crippen LogP contribution >= 0.6 is 23.2 Å². The van der Waals surface area contributed by atoms with Crippen molar-refractivity contribution in [3.05, 3.63) is 50.2 Å². The lowest BCUT2D eigenvalue weighted by molar-refractivity contribution is 0.102. The SMILES string of the molecule is Cc1[nH]c(C(=O)Nc2ccc(-c3n[nH]c(=O)o3)cc2N2CCNCC2)c(Cl)c1Cl. The molecular formula is C18H18Cl2N6O3. The van der Waals surface area contributed by atoms with Gasteiger partial charge in [0, 0.05) is 37.4 Å². The first-order chi connectivity index (χ1) is 13.9. The van der Waals surface area contributed by atoms with Crippen LogP contribution in [0.25, 0.3) is 11.5 Å². The summed E-state index contributed by atoms with van der Waals surface area (Å²) >= 11 is 12.3. The van der Waals surface area contributed by atoms with Gasteiger partial charge in [-0.05, 0) is 25.1 Å². The molecule has 1 aliphatic rings. The van der Waals surface area contributed by atoms with Gasteiger partial charge in [0.15, 0.2) is 0 Å². The molecule has 3 heterocycles. The normalized spacial score (nSPS) is 14.2. The number of nitrogens with one attached hydrogen (secondary N) is 4. The van der Waals surface area contributed by atoms with Gasteiger partial charge in [-0.15, -0.1) is 5.10 Å². The molecule has 4 rings (SSSR count). The van der Waals surface area contributed by atoms with E-state index in [0.29, 0.717) is 22.0 Å². The average Bonchev–Trinajstić information content (AvgIpc) is 3.27. The minimum Gasteiger partial charge on any atom is -0.388 e. The Morgan fingerprint density at radius 2 is 2.00 bits per heavy atom. The van der Waals surface area contributed by atoms with Gasteiger partial charge in [0.25, 0.3) is 5.91 Å². The summed E-state index contributed by atoms with van der Waals surface area (Å²) in [6.45, 7) is 4.87. The number of hydrogen-bond acceptors (Lipinski definition) is 6. The number of aromatic amines is 2. The van der Waals surface area contributed by atoms with Crippen molar-refractivity contribution in [1.82, 2.24) is 20.5 Å². The number of piperazine rings is 1. The van der Waals surface area contributed by atoms with Crippen molar-refractivity contribution in [2.24, 2.45) is 0 Å². The van der Waals surface area contributed by atoms with Crippen molar-refractivity contribution in [3.63, 3.8) is 0 Å². The maximum atomic E-state index is 12.8. The fourth-order valence-electron chi connectivity index (χ4n) is 3.20. The van der Waals surface area contributed by atoms with Crippen LogP contribution in [0.1, 0.15) is 16.2 Å². The van der Waals surface area contributed by atoms with Gasteiger partial charge >= 0.3 is 5.76 Å². The van der Waals surface area contributed by atoms with E-state index in [1.165, 1.54) is 0 Å². The third-order valence-corrected chi connectivity index (χ3v) is 5.62. The summed E-state index contributed by atoms with van der Waals surface area (Å²) in [5.41, 5.74) is 2.81. The second-order valence-electron chi connectivity index (χ2n) is 6.59. The predicted molar refractivity (Wildman–Crippen MR) is 111 cm³/mol. The molecule has 0 spiro atoms. The molecule has 152 valence electrons. The maximum absolute atomic E-state index is 12.8. The largest absolute Gasteiger partial charge is 0.434 e. The van der Waals surface area contributed by atoms with Gasteiger partial charge < -0.3 is 24.9 Å². The molecule has 0 unspecified atom stereocenters. The van der Waals surface area contributed by atoms with E-state index in [4.69, 9.17) is 27.6 Å². The number of carbonyl (C=O) groups is 1. The summed E-state index contributed by atoms with van der Waals surface area (Å²) in [5, 5.41) is 12.8. The van der Waals surface area contributed by atoms with Gasteiger partial charge in [0.2, 0.25) is 5.89 Å². The number of aromatic nitrogens is 3. The van der Waals surface area contributed by atoms with Crippen LogP contribution in [0.4, 0.5) is 11.4 Å². The number of carbonyl (C=O) groups excluding carboxylic acids is 1. The Bertz CT molecular complexity index is 1110. The molecule has 1 saturated heterocycles. The number of anilines is 2. The molecule has 0 radical (unpaired) electrons. The molecule has 2 aromatic heterocycles. The van der Waals surface area contributed by atoms with Crippen LogP contribution in [-0.2, 0) is 0 Å². The molecule has 1 aliphatic heterocycles. The molecule has 29 heavy (non-hydrogen) atoms. The Balaban J connectivity index is 1.70. The second kappa shape index (κ2) is 7.94. The summed E-state index contributed by atoms with van der Waals surface area (Å²) in [7, 11) is 0. The van der Waals surface area contributed by atoms with E-state index in [1.54, 1.807) is 19.1 Å². The molecule has 1 aromatic carbocycles. The van der Waals surface area contributed by atoms with E-state index in [-0.39, 0.29) is 16.6 Å². The third kappa shape index (κ3) is 3.89. The molecule has 0 bridgehead atoms. The van der Waals surface area contributed by atoms with Gasteiger partial charge in [-0.2, -0.15) is 0 Å². The van der Waals surface area contributed by atoms with Crippen LogP contribution in [0.3, 0.4) is 0 Å². The highest BCUT2D eigenvalue weighted by atomic mass is 35.5. The van der Waals surface area contributed by atoms with Gasteiger partial charge in [-0.25, -0.2) is 9.89 Å². The lowest BCUT2D eigenvalue weighted by atomic mass is 10.1. The van der Waals surface area contributed by atoms with Crippen LogP contribution in [-0.4, -0.2) is 47.3 Å². The van der Waals surface area contributed by atoms with Crippen molar-refractivity contribution >= 4 is 40.5 Å². The monoisotopic (exact) mass is 436 g/mol. The molecule has 0 aliphatic carbocycles. The standard InChI is InChI=1S/C18H18Cl2N6O3/c1-9-13(19)14(20)15(22-9)16(27)23-11-3-2-10(17-24-25-18(28)29-17)8-12(11)26-6-4-21-5-7-26/h2-3,8,21-22H,4-7H2,1H3,(H,23,27)(H,25,28). The van der Waals surface area contributed by atoms with Crippen molar-refractivity contribution in [3.8, 4) is 11.5 Å². The number of aryl methyl sites for hydroxylation is 1. The molecule has 4 N–H and O–H groups in total. The zero-order chi connectivity index (χ0) is 20.5. The molecular weight excluding hydrogens is 419 g/mol. The number of H-pyrrole nitrogens is 2. The molecule has 3 aromatic rings. The summed E-state index contributed by atoms with van der Waals surface area (Å²) in [6, 6.07) is 5.29. The molecule has 1 amide bonds. The van der Waals surface area contributed by atoms with Gasteiger partial charge in [0.05, 0.1) is 21.4 Å². The van der Waals surface area contributed by atoms with Crippen LogP contribution in [0.2, 0.25) is 10.0 Å². The first kappa shape index (κ1) is 19.6. The van der Waals surface area contributed by atoms with Crippen molar-refractivity contribution < 1.29 is 9.21 Å². The lowest BCUT2D eigenvalue weighted by Crippen LogP contribution is -2.43. The number of hydrogen-bond donors (Lipinski definition) is 4. The number of halogens is 2. The first-order valence-corrected chi connectivity index (χ1v) is 9.70. The van der Waals surface area contributed by atoms with Crippen molar-refractivity contribution in [2.75, 3.05) is 36.4 Å². The molecule has 0 saturated carbocycles. The van der Waals surface area contributed by atoms with Crippen molar-refractivity contribution in [2.45, 2.75) is 6.92 Å². The van der Waals surface area contributed by atoms with Crippen molar-refractivity contribution in [1.29, 1.82) is 0 Å². The first-order valence-electron chi connectivity index (χ1n) is 8.94. The molecule has 0 atom stereocenters. The van der Waals surface area contributed by atoms with E-state index in [0.717, 1.165) is 31.9 Å². The number of amides is 1. The Labute approximate surface area is 175 Å². The Hall–Kier alpha value is -2.75. The Morgan fingerprint density at radius 1 is 1.24 bits per heavy atom. The fraction of sp³-hybridized carbons (Fsp3) is 0.278. The zero-order valence-corrected chi connectivity index (χ0v) is 16.9. The van der Waals surface area contributed by atoms with Gasteiger partial charge in [-0.1, -0.05) is 23.2 Å². The predicted octanol–water partition coefficient (Wildman–Crippen LogP) is 2.64. The molecule has 11 heteroatoms. The lowest BCUT2D eigenvalue weighted by Gasteiger charge is -2.31. The average molecular weight is 437 g/mol.